The van der Waals surface area contributed by atoms with E-state index in [0.29, 0.717) is 0 Å². The summed E-state index contributed by atoms with van der Waals surface area (Å²) in [5, 5.41) is 0. The molecule has 0 rings (SSSR count). The predicted molar refractivity (Wildman–Crippen MR) is 70.1 cm³/mol. The number of Topliss-reactive ketones (excluding diaryl/α,β-unsaturated/α-hetero) is 1. The van der Waals surface area contributed by atoms with Gasteiger partial charge in [0.2, 0.25) is 15.9 Å². The molecule has 0 aliphatic rings. The quantitative estimate of drug-likeness (QED) is 0.842. The second kappa shape index (κ2) is 9.15. The highest BCUT2D eigenvalue weighted by Gasteiger charge is 2.10. The molecule has 0 bridgehead atoms. The lowest BCUT2D eigenvalue weighted by atomic mass is 10.1. The molecule has 0 spiro atoms. The smallest absolute Gasteiger partial charge is 0.235 e. The van der Waals surface area contributed by atoms with E-state index in [0.717, 1.165) is 6.26 Å². The zero-order valence-electron chi connectivity index (χ0n) is 10.7. The second-order valence-corrected chi connectivity index (χ2v) is 5.91. The molecule has 0 unspecified atom stereocenters. The van der Waals surface area contributed by atoms with Gasteiger partial charge < -0.3 is 0 Å². The molecule has 0 aliphatic carbocycles. The van der Waals surface area contributed by atoms with E-state index in [2.05, 4.69) is 0 Å². The maximum absolute atomic E-state index is 10.7. The van der Waals surface area contributed by atoms with E-state index in [1.54, 1.807) is 20.8 Å². The van der Waals surface area contributed by atoms with Gasteiger partial charge in [-0.25, -0.2) is 8.42 Å². The number of nitrogens with one attached hydrogen (secondary N) is 1. The van der Waals surface area contributed by atoms with Crippen LogP contribution in [0.1, 0.15) is 42.0 Å². The van der Waals surface area contributed by atoms with Crippen molar-refractivity contribution >= 4 is 21.7 Å². The molecule has 6 heteroatoms. The van der Waals surface area contributed by atoms with E-state index in [-0.39, 0.29) is 25.0 Å². The molecule has 1 amide bonds. The van der Waals surface area contributed by atoms with E-state index in [1.807, 2.05) is 18.6 Å². The Kier molecular flexibility index (Phi) is 11.5. The van der Waals surface area contributed by atoms with E-state index < -0.39 is 15.9 Å². The molecule has 0 heterocycles. The topological polar surface area (TPSA) is 80.3 Å². The molecule has 0 radical (unpaired) electrons. The predicted octanol–water partition coefficient (Wildman–Crippen LogP) is 1.59. The molecule has 17 heavy (non-hydrogen) atoms. The first-order valence-electron chi connectivity index (χ1n) is 4.99. The Labute approximate surface area is 105 Å². The second-order valence-electron chi connectivity index (χ2n) is 4.16. The molecule has 0 aromatic heterocycles. The fraction of sp³-hybridized carbons (Fsp3) is 0.818. The van der Waals surface area contributed by atoms with Crippen molar-refractivity contribution in [2.24, 2.45) is 11.8 Å². The molecular weight excluding hydrogens is 242 g/mol. The van der Waals surface area contributed by atoms with Crippen LogP contribution in [0.15, 0.2) is 0 Å². The molecule has 0 aromatic rings. The van der Waals surface area contributed by atoms with Gasteiger partial charge in [0.05, 0.1) is 6.26 Å². The number of sulfonamides is 1. The summed E-state index contributed by atoms with van der Waals surface area (Å²) in [7, 11) is -3.37. The van der Waals surface area contributed by atoms with Crippen LogP contribution in [0.25, 0.3) is 0 Å². The summed E-state index contributed by atoms with van der Waals surface area (Å²) in [6.45, 7) is 8.64. The number of ketones is 1. The summed E-state index contributed by atoms with van der Waals surface area (Å²) < 4.78 is 22.7. The minimum absolute atomic E-state index is 0. The Bertz CT molecular complexity index is 331. The van der Waals surface area contributed by atoms with Gasteiger partial charge in [-0.05, 0) is 6.92 Å². The molecule has 0 fully saturated rings. The number of carbonyl (C=O) groups is 2. The fourth-order valence-electron chi connectivity index (χ4n) is 0.301. The van der Waals surface area contributed by atoms with Crippen molar-refractivity contribution in [3.05, 3.63) is 0 Å². The third kappa shape index (κ3) is 17.7. The fourth-order valence-corrected chi connectivity index (χ4v) is 0.902. The average molecular weight is 267 g/mol. The lowest BCUT2D eigenvalue weighted by molar-refractivity contribution is -0.122. The van der Waals surface area contributed by atoms with Crippen molar-refractivity contribution in [1.82, 2.24) is 4.72 Å². The highest BCUT2D eigenvalue weighted by Crippen LogP contribution is 1.91. The summed E-state index contributed by atoms with van der Waals surface area (Å²) in [5.41, 5.74) is 0. The number of carbonyl (C=O) groups excluding carboxylic acids is 2. The van der Waals surface area contributed by atoms with Crippen molar-refractivity contribution in [2.45, 2.75) is 42.0 Å². The first-order chi connectivity index (χ1) is 6.97. The van der Waals surface area contributed by atoms with Crippen LogP contribution in [0, 0.1) is 11.8 Å². The lowest BCUT2D eigenvalue weighted by Crippen LogP contribution is -2.32. The maximum Gasteiger partial charge on any atom is 0.235 e. The van der Waals surface area contributed by atoms with Crippen molar-refractivity contribution in [1.29, 1.82) is 0 Å². The van der Waals surface area contributed by atoms with Gasteiger partial charge in [0.25, 0.3) is 0 Å². The average Bonchev–Trinajstić information content (AvgIpc) is 2.01. The van der Waals surface area contributed by atoms with Crippen LogP contribution in [0.5, 0.6) is 0 Å². The van der Waals surface area contributed by atoms with Gasteiger partial charge in [-0.1, -0.05) is 35.1 Å². The summed E-state index contributed by atoms with van der Waals surface area (Å²) >= 11 is 0. The van der Waals surface area contributed by atoms with Gasteiger partial charge >= 0.3 is 0 Å². The van der Waals surface area contributed by atoms with Gasteiger partial charge in [0, 0.05) is 11.8 Å². The van der Waals surface area contributed by atoms with Crippen molar-refractivity contribution in [2.75, 3.05) is 6.26 Å². The Morgan fingerprint density at radius 2 is 1.29 bits per heavy atom. The SMILES string of the molecule is C.CC(=O)C(C)C.CC(C)C(=O)NS(C)(=O)=O. The standard InChI is InChI=1S/C5H11NO3S.C5H10O.CH4/c1-4(2)5(7)6-10(3,8)9;1-4(2)5(3)6;/h4H,1-3H3,(H,6,7);4H,1-3H3;1H4. The monoisotopic (exact) mass is 267 g/mol. The van der Waals surface area contributed by atoms with Gasteiger partial charge in [-0.15, -0.1) is 0 Å². The minimum Gasteiger partial charge on any atom is -0.300 e. The number of rotatable bonds is 3. The zero-order valence-corrected chi connectivity index (χ0v) is 11.5. The minimum atomic E-state index is -3.37. The molecule has 0 saturated carbocycles. The van der Waals surface area contributed by atoms with Crippen LogP contribution < -0.4 is 4.72 Å². The molecule has 1 N–H and O–H groups in total. The van der Waals surface area contributed by atoms with Crippen LogP contribution in [0.3, 0.4) is 0 Å². The third-order valence-electron chi connectivity index (χ3n) is 1.62. The molecular formula is C11H25NO4S. The van der Waals surface area contributed by atoms with Gasteiger partial charge in [0.15, 0.2) is 0 Å². The first kappa shape index (κ1) is 21.4. The normalized spacial score (nSPS) is 10.1. The van der Waals surface area contributed by atoms with Crippen LogP contribution in [0.4, 0.5) is 0 Å². The number of hydrogen-bond donors (Lipinski definition) is 1. The summed E-state index contributed by atoms with van der Waals surface area (Å²) in [6.07, 6.45) is 0.952. The van der Waals surface area contributed by atoms with E-state index in [4.69, 9.17) is 0 Å². The Balaban J connectivity index is -0.000000244. The van der Waals surface area contributed by atoms with Gasteiger partial charge in [-0.2, -0.15) is 0 Å². The zero-order chi connectivity index (χ0) is 13.5. The number of hydrogen-bond acceptors (Lipinski definition) is 4. The molecule has 0 atom stereocenters. The molecule has 0 aliphatic heterocycles. The van der Waals surface area contributed by atoms with E-state index >= 15 is 0 Å². The van der Waals surface area contributed by atoms with Gasteiger partial charge in [-0.3, -0.25) is 14.3 Å². The Morgan fingerprint density at radius 1 is 1.00 bits per heavy atom. The van der Waals surface area contributed by atoms with Crippen molar-refractivity contribution < 1.29 is 18.0 Å². The largest absolute Gasteiger partial charge is 0.300 e. The van der Waals surface area contributed by atoms with Crippen LogP contribution >= 0.6 is 0 Å². The summed E-state index contributed by atoms with van der Waals surface area (Å²) in [4.78, 5) is 20.8. The Morgan fingerprint density at radius 3 is 1.35 bits per heavy atom. The molecule has 0 saturated heterocycles. The van der Waals surface area contributed by atoms with Gasteiger partial charge in [0.1, 0.15) is 5.78 Å². The lowest BCUT2D eigenvalue weighted by Gasteiger charge is -2.03. The third-order valence-corrected chi connectivity index (χ3v) is 2.20. The Hall–Kier alpha value is -0.910. The molecule has 104 valence electrons. The first-order valence-corrected chi connectivity index (χ1v) is 6.88. The number of amides is 1. The summed E-state index contributed by atoms with van der Waals surface area (Å²) in [6, 6.07) is 0. The molecule has 5 nitrogen and oxygen atoms in total. The van der Waals surface area contributed by atoms with Crippen LogP contribution in [-0.2, 0) is 19.6 Å². The highest BCUT2D eigenvalue weighted by molar-refractivity contribution is 7.89. The maximum atomic E-state index is 10.7. The van der Waals surface area contributed by atoms with Crippen molar-refractivity contribution in [3.63, 3.8) is 0 Å². The summed E-state index contributed by atoms with van der Waals surface area (Å²) in [5.74, 6) is -0.294. The van der Waals surface area contributed by atoms with Crippen molar-refractivity contribution in [3.8, 4) is 0 Å². The van der Waals surface area contributed by atoms with Crippen LogP contribution in [0.2, 0.25) is 0 Å². The highest BCUT2D eigenvalue weighted by atomic mass is 32.2. The van der Waals surface area contributed by atoms with E-state index in [9.17, 15) is 18.0 Å². The van der Waals surface area contributed by atoms with Crippen LogP contribution in [-0.4, -0.2) is 26.4 Å². The van der Waals surface area contributed by atoms with E-state index in [1.165, 1.54) is 0 Å². The molecule has 0 aromatic carbocycles.